The second kappa shape index (κ2) is 10.8. The van der Waals surface area contributed by atoms with Crippen LogP contribution < -0.4 is 0 Å². The monoisotopic (exact) mass is 798 g/mol. The molecule has 4 aliphatic carbocycles. The minimum Gasteiger partial charge on any atom is -0.144 e. The van der Waals surface area contributed by atoms with Gasteiger partial charge in [-0.1, -0.05) is 27.7 Å². The van der Waals surface area contributed by atoms with E-state index in [1.165, 1.54) is 32.4 Å². The van der Waals surface area contributed by atoms with Crippen molar-refractivity contribution in [3.8, 4) is 29.3 Å². The average Bonchev–Trinajstić information content (AvgIpc) is 3.93. The lowest BCUT2D eigenvalue weighted by atomic mass is 9.90. The second-order valence-corrected chi connectivity index (χ2v) is 25.5. The van der Waals surface area contributed by atoms with Gasteiger partial charge in [0.1, 0.15) is 0 Å². The molecule has 50 heavy (non-hydrogen) atoms. The molecule has 10 atom stereocenters. The summed E-state index contributed by atoms with van der Waals surface area (Å²) < 4.78 is 0. The Labute approximate surface area is 327 Å². The van der Waals surface area contributed by atoms with Crippen molar-refractivity contribution in [3.63, 3.8) is 0 Å². The highest BCUT2D eigenvalue weighted by molar-refractivity contribution is 8.00. The predicted molar refractivity (Wildman–Crippen MR) is 227 cm³/mol. The molecule has 6 aromatic heterocycles. The lowest BCUT2D eigenvalue weighted by molar-refractivity contribution is 0.464. The molecule has 0 N–H and O–H groups in total. The number of thioether (sulfide) groups is 2. The Kier molecular flexibility index (Phi) is 6.74. The van der Waals surface area contributed by atoms with E-state index >= 15 is 0 Å². The van der Waals surface area contributed by atoms with Gasteiger partial charge in [-0.2, -0.15) is 0 Å². The molecule has 8 heteroatoms. The van der Waals surface area contributed by atoms with Crippen LogP contribution in [-0.4, -0.2) is 0 Å². The SMILES string of the molecule is Cc1cc2c(s1)C1SC(c3cc4c(s3)-c3sc(-c5cc6c(s5)-c5sc(C7CC8C(C)c9cc(C)sc9C8S7)cc5C6C)cc3C4C)CC1C2C. The van der Waals surface area contributed by atoms with Crippen molar-refractivity contribution in [3.05, 3.63) is 99.0 Å². The molecule has 10 unspecified atom stereocenters. The van der Waals surface area contributed by atoms with Crippen LogP contribution in [0.25, 0.3) is 29.3 Å². The summed E-state index contributed by atoms with van der Waals surface area (Å²) in [5.41, 5.74) is 9.67. The molecule has 2 aliphatic heterocycles. The first-order valence-electron chi connectivity index (χ1n) is 18.3. The third-order valence-corrected chi connectivity index (χ3v) is 24.8. The fraction of sp³-hybridized carbons (Fsp3) is 0.429. The molecule has 0 radical (unpaired) electrons. The molecule has 254 valence electrons. The molecule has 2 saturated heterocycles. The van der Waals surface area contributed by atoms with Crippen LogP contribution in [0.5, 0.6) is 0 Å². The molecule has 2 fully saturated rings. The summed E-state index contributed by atoms with van der Waals surface area (Å²) in [7, 11) is 0. The maximum Gasteiger partial charge on any atom is 0.0490 e. The largest absolute Gasteiger partial charge is 0.144 e. The predicted octanol–water partition coefficient (Wildman–Crippen LogP) is 15.9. The molecular weight excluding hydrogens is 761 g/mol. The number of aryl methyl sites for hydroxylation is 2. The van der Waals surface area contributed by atoms with Gasteiger partial charge in [0.05, 0.1) is 0 Å². The summed E-state index contributed by atoms with van der Waals surface area (Å²) >= 11 is 17.1. The molecule has 8 heterocycles. The van der Waals surface area contributed by atoms with Crippen molar-refractivity contribution in [2.45, 2.75) is 99.1 Å². The topological polar surface area (TPSA) is 0 Å². The van der Waals surface area contributed by atoms with Gasteiger partial charge < -0.3 is 0 Å². The van der Waals surface area contributed by atoms with Gasteiger partial charge >= 0.3 is 0 Å². The van der Waals surface area contributed by atoms with Crippen LogP contribution >= 0.6 is 91.5 Å². The maximum atomic E-state index is 2.62. The average molecular weight is 799 g/mol. The van der Waals surface area contributed by atoms with E-state index in [2.05, 4.69) is 169 Å². The summed E-state index contributed by atoms with van der Waals surface area (Å²) in [6.07, 6.45) is 2.68. The number of fused-ring (bicyclic) bond motifs is 12. The Balaban J connectivity index is 0.818. The zero-order chi connectivity index (χ0) is 33.5. The fourth-order valence-electron chi connectivity index (χ4n) is 10.5. The van der Waals surface area contributed by atoms with Gasteiger partial charge in [-0.25, -0.2) is 0 Å². The van der Waals surface area contributed by atoms with Gasteiger partial charge in [0.25, 0.3) is 0 Å². The zero-order valence-corrected chi connectivity index (χ0v) is 35.4. The third-order valence-electron chi connectivity index (χ3n) is 13.2. The van der Waals surface area contributed by atoms with Crippen LogP contribution in [0, 0.1) is 25.7 Å². The Morgan fingerprint density at radius 1 is 0.460 bits per heavy atom. The van der Waals surface area contributed by atoms with Crippen LogP contribution in [0.3, 0.4) is 0 Å². The van der Waals surface area contributed by atoms with Crippen LogP contribution in [0.15, 0.2) is 36.4 Å². The summed E-state index contributed by atoms with van der Waals surface area (Å²) in [5, 5.41) is 2.74. The third kappa shape index (κ3) is 4.12. The van der Waals surface area contributed by atoms with E-state index in [4.69, 9.17) is 0 Å². The standard InChI is InChI=1S/C42H38S8/c1-15-7-21-17(3)23-9-29(45-37(23)35(21)43-15)31-11-25-19(5)27-13-33(49-41(27)39(25)47-31)34-14-28-20(6)26-12-32(48-40(26)42(28)50-34)30-10-24-18(4)22-8-16(2)44-36(22)38(24)46-30/h7-8,11-14,17-20,23-24,29-30,37-38H,9-10H2,1-6H3. The van der Waals surface area contributed by atoms with Crippen molar-refractivity contribution in [1.82, 2.24) is 0 Å². The Hall–Kier alpha value is -1.10. The zero-order valence-electron chi connectivity index (χ0n) is 28.9. The highest BCUT2D eigenvalue weighted by Gasteiger charge is 2.49. The number of thiophene rings is 6. The van der Waals surface area contributed by atoms with Gasteiger partial charge in [0.15, 0.2) is 0 Å². The van der Waals surface area contributed by atoms with E-state index < -0.39 is 0 Å². The van der Waals surface area contributed by atoms with Crippen molar-refractivity contribution >= 4 is 91.5 Å². The van der Waals surface area contributed by atoms with Crippen molar-refractivity contribution < 1.29 is 0 Å². The van der Waals surface area contributed by atoms with Crippen molar-refractivity contribution in [1.29, 1.82) is 0 Å². The van der Waals surface area contributed by atoms with Gasteiger partial charge in [-0.15, -0.1) is 91.5 Å². The first-order valence-corrected chi connectivity index (χ1v) is 25.1. The van der Waals surface area contributed by atoms with E-state index in [-0.39, 0.29) is 0 Å². The summed E-state index contributed by atoms with van der Waals surface area (Å²) in [5.74, 6) is 4.06. The van der Waals surface area contributed by atoms with Gasteiger partial charge in [0, 0.05) is 91.4 Å². The summed E-state index contributed by atoms with van der Waals surface area (Å²) in [6.45, 7) is 14.5. The van der Waals surface area contributed by atoms with Gasteiger partial charge in [-0.3, -0.25) is 0 Å². The first-order chi connectivity index (χ1) is 24.2. The van der Waals surface area contributed by atoms with Gasteiger partial charge in [-0.05, 0) is 120 Å². The van der Waals surface area contributed by atoms with E-state index in [1.807, 2.05) is 0 Å². The highest BCUT2D eigenvalue weighted by Crippen LogP contribution is 2.69. The summed E-state index contributed by atoms with van der Waals surface area (Å²) in [4.78, 5) is 18.9. The first kappa shape index (κ1) is 31.3. The van der Waals surface area contributed by atoms with E-state index in [1.54, 1.807) is 72.4 Å². The lowest BCUT2D eigenvalue weighted by Gasteiger charge is -2.14. The number of rotatable bonds is 3. The molecule has 0 bridgehead atoms. The van der Waals surface area contributed by atoms with Crippen molar-refractivity contribution in [2.75, 3.05) is 0 Å². The van der Waals surface area contributed by atoms with Crippen LogP contribution in [0.1, 0.15) is 148 Å². The quantitative estimate of drug-likeness (QED) is 0.175. The van der Waals surface area contributed by atoms with Crippen LogP contribution in [0.4, 0.5) is 0 Å². The molecular formula is C42H38S8. The summed E-state index contributed by atoms with van der Waals surface area (Å²) in [6, 6.07) is 15.3. The minimum atomic E-state index is 0.504. The number of hydrogen-bond donors (Lipinski definition) is 0. The molecule has 0 spiro atoms. The molecule has 6 aliphatic rings. The van der Waals surface area contributed by atoms with E-state index in [0.717, 1.165) is 11.8 Å². The Morgan fingerprint density at radius 2 is 0.860 bits per heavy atom. The van der Waals surface area contributed by atoms with Gasteiger partial charge in [0.2, 0.25) is 0 Å². The lowest BCUT2D eigenvalue weighted by Crippen LogP contribution is -2.03. The van der Waals surface area contributed by atoms with E-state index in [0.29, 0.717) is 44.7 Å². The molecule has 6 aromatic rings. The maximum absolute atomic E-state index is 2.62. The molecule has 0 amide bonds. The normalized spacial score (nSPS) is 32.3. The second-order valence-electron chi connectivity index (χ2n) is 15.9. The van der Waals surface area contributed by atoms with E-state index in [9.17, 15) is 0 Å². The van der Waals surface area contributed by atoms with Crippen molar-refractivity contribution in [2.24, 2.45) is 11.8 Å². The van der Waals surface area contributed by atoms with Crippen LogP contribution in [-0.2, 0) is 0 Å². The molecule has 0 aromatic carbocycles. The minimum absolute atomic E-state index is 0.504. The van der Waals surface area contributed by atoms with Crippen LogP contribution in [0.2, 0.25) is 0 Å². The highest BCUT2D eigenvalue weighted by atomic mass is 32.2. The fourth-order valence-corrected chi connectivity index (χ4v) is 22.9. The Bertz CT molecular complexity index is 2230. The smallest absolute Gasteiger partial charge is 0.0490 e. The number of hydrogen-bond acceptors (Lipinski definition) is 8. The molecule has 12 rings (SSSR count). The molecule has 0 nitrogen and oxygen atoms in total. The Morgan fingerprint density at radius 3 is 1.30 bits per heavy atom. The molecule has 0 saturated carbocycles.